The van der Waals surface area contributed by atoms with E-state index >= 15 is 0 Å². The van der Waals surface area contributed by atoms with Crippen LogP contribution in [0, 0.1) is 3.57 Å². The molecule has 0 bridgehead atoms. The second kappa shape index (κ2) is 7.69. The van der Waals surface area contributed by atoms with E-state index < -0.39 is 6.10 Å². The Morgan fingerprint density at radius 1 is 1.39 bits per heavy atom. The van der Waals surface area contributed by atoms with Gasteiger partial charge < -0.3 is 15.0 Å². The number of nitrogens with one attached hydrogen (secondary N) is 1. The average Bonchev–Trinajstić information content (AvgIpc) is 2.34. The molecule has 1 rings (SSSR count). The maximum absolute atomic E-state index is 10.5. The summed E-state index contributed by atoms with van der Waals surface area (Å²) >= 11 is 3.10. The number of halogens is 1. The van der Waals surface area contributed by atoms with Crippen molar-refractivity contribution >= 4 is 34.6 Å². The first-order valence-electron chi connectivity index (χ1n) is 5.93. The Morgan fingerprint density at radius 2 is 2.06 bits per heavy atom. The summed E-state index contributed by atoms with van der Waals surface area (Å²) in [5, 5.41) is 13.8. The number of aliphatic hydroxyl groups is 1. The smallest absolute Gasteiger partial charge is 0.0976 e. The molecule has 0 saturated heterocycles. The zero-order valence-corrected chi connectivity index (χ0v) is 13.7. The van der Waals surface area contributed by atoms with Crippen LogP contribution in [0.2, 0.25) is 0 Å². The van der Waals surface area contributed by atoms with Crippen LogP contribution < -0.4 is 5.32 Å². The quantitative estimate of drug-likeness (QED) is 0.386. The first kappa shape index (κ1) is 16.2. The molecule has 0 radical (unpaired) electrons. The van der Waals surface area contributed by atoms with Gasteiger partial charge in [0, 0.05) is 14.9 Å². The molecule has 1 unspecified atom stereocenters. The second-order valence-electron chi connectivity index (χ2n) is 4.76. The van der Waals surface area contributed by atoms with Crippen LogP contribution in [0.1, 0.15) is 31.9 Å². The number of hydrogen-bond acceptors (Lipinski definition) is 4. The van der Waals surface area contributed by atoms with Gasteiger partial charge in [0.2, 0.25) is 0 Å². The van der Waals surface area contributed by atoms with Gasteiger partial charge in [0.15, 0.2) is 0 Å². The topological polar surface area (TPSA) is 52.5 Å². The molecule has 0 saturated carbocycles. The predicted octanol–water partition coefficient (Wildman–Crippen LogP) is 3.29. The fourth-order valence-electron chi connectivity index (χ4n) is 1.73. The van der Waals surface area contributed by atoms with Crippen LogP contribution in [-0.4, -0.2) is 27.5 Å². The normalized spacial score (nSPS) is 13.6. The van der Waals surface area contributed by atoms with Crippen LogP contribution in [-0.2, 0) is 0 Å². The fourth-order valence-corrected chi connectivity index (χ4v) is 2.69. The Kier molecular flexibility index (Phi) is 6.94. The zero-order chi connectivity index (χ0) is 13.6. The molecule has 1 aromatic rings. The maximum atomic E-state index is 10.5. The van der Waals surface area contributed by atoms with Crippen LogP contribution in [0.4, 0.5) is 0 Å². The molecule has 1 atom stereocenters. The summed E-state index contributed by atoms with van der Waals surface area (Å²) in [5.74, 6) is 0.710. The Morgan fingerprint density at radius 3 is 2.67 bits per heavy atom. The molecule has 0 aliphatic rings. The van der Waals surface area contributed by atoms with Gasteiger partial charge in [0.1, 0.15) is 0 Å². The lowest BCUT2D eigenvalue weighted by atomic mass is 9.91. The van der Waals surface area contributed by atoms with Crippen molar-refractivity contribution in [1.29, 1.82) is 0 Å². The third-order valence-corrected chi connectivity index (χ3v) is 4.33. The predicted molar refractivity (Wildman–Crippen MR) is 85.9 cm³/mol. The SMILES string of the molecule is CC(C)(NCCCSO)C(O)c1ccccc1I. The molecular weight excluding hydrogens is 361 g/mol. The van der Waals surface area contributed by atoms with E-state index in [4.69, 9.17) is 4.55 Å². The van der Waals surface area contributed by atoms with Crippen molar-refractivity contribution in [2.75, 3.05) is 12.3 Å². The summed E-state index contributed by atoms with van der Waals surface area (Å²) in [6, 6.07) is 7.87. The summed E-state index contributed by atoms with van der Waals surface area (Å²) in [4.78, 5) is 0. The van der Waals surface area contributed by atoms with Gasteiger partial charge >= 0.3 is 0 Å². The lowest BCUT2D eigenvalue weighted by Gasteiger charge is -2.32. The number of aliphatic hydroxyl groups excluding tert-OH is 1. The molecule has 0 aliphatic carbocycles. The van der Waals surface area contributed by atoms with Crippen molar-refractivity contribution < 1.29 is 9.66 Å². The summed E-state index contributed by atoms with van der Waals surface area (Å²) in [5.41, 5.74) is 0.564. The lowest BCUT2D eigenvalue weighted by molar-refractivity contribution is 0.0799. The third-order valence-electron chi connectivity index (χ3n) is 2.88. The van der Waals surface area contributed by atoms with E-state index in [1.54, 1.807) is 0 Å². The van der Waals surface area contributed by atoms with Gasteiger partial charge in [-0.15, -0.1) is 0 Å². The molecule has 0 heterocycles. The maximum Gasteiger partial charge on any atom is 0.0976 e. The minimum atomic E-state index is -0.549. The highest BCUT2D eigenvalue weighted by Crippen LogP contribution is 2.28. The Balaban J connectivity index is 2.64. The van der Waals surface area contributed by atoms with Gasteiger partial charge in [-0.2, -0.15) is 0 Å². The van der Waals surface area contributed by atoms with Crippen molar-refractivity contribution in [3.8, 4) is 0 Å². The highest BCUT2D eigenvalue weighted by Gasteiger charge is 2.29. The monoisotopic (exact) mass is 381 g/mol. The first-order chi connectivity index (χ1) is 8.49. The molecule has 5 heteroatoms. The summed E-state index contributed by atoms with van der Waals surface area (Å²) in [7, 11) is 0. The molecule has 18 heavy (non-hydrogen) atoms. The van der Waals surface area contributed by atoms with E-state index in [0.29, 0.717) is 5.75 Å². The van der Waals surface area contributed by atoms with Crippen LogP contribution >= 0.6 is 34.6 Å². The van der Waals surface area contributed by atoms with E-state index in [9.17, 15) is 5.11 Å². The summed E-state index contributed by atoms with van der Waals surface area (Å²) < 4.78 is 9.73. The minimum absolute atomic E-state index is 0.388. The molecular formula is C13H20INO2S. The average molecular weight is 381 g/mol. The molecule has 0 spiro atoms. The molecule has 0 amide bonds. The third kappa shape index (κ3) is 4.70. The van der Waals surface area contributed by atoms with Crippen molar-refractivity contribution in [3.63, 3.8) is 0 Å². The second-order valence-corrected chi connectivity index (χ2v) is 6.59. The highest BCUT2D eigenvalue weighted by atomic mass is 127. The number of hydrogen-bond donors (Lipinski definition) is 3. The molecule has 0 fully saturated rings. The van der Waals surface area contributed by atoms with Gasteiger partial charge in [-0.25, -0.2) is 0 Å². The van der Waals surface area contributed by atoms with Gasteiger partial charge in [-0.3, -0.25) is 0 Å². The Hall–Kier alpha value is 0.180. The minimum Gasteiger partial charge on any atom is -0.386 e. The van der Waals surface area contributed by atoms with Crippen molar-refractivity contribution in [3.05, 3.63) is 33.4 Å². The van der Waals surface area contributed by atoms with Crippen LogP contribution in [0.25, 0.3) is 0 Å². The number of benzene rings is 1. The van der Waals surface area contributed by atoms with E-state index in [0.717, 1.165) is 34.1 Å². The fraction of sp³-hybridized carbons (Fsp3) is 0.538. The van der Waals surface area contributed by atoms with Gasteiger partial charge in [0.25, 0.3) is 0 Å². The Labute approximate surface area is 127 Å². The molecule has 3 N–H and O–H groups in total. The van der Waals surface area contributed by atoms with Crippen LogP contribution in [0.3, 0.4) is 0 Å². The van der Waals surface area contributed by atoms with E-state index in [1.165, 1.54) is 0 Å². The summed E-state index contributed by atoms with van der Waals surface area (Å²) in [6.45, 7) is 4.76. The molecule has 1 aromatic carbocycles. The van der Waals surface area contributed by atoms with E-state index in [2.05, 4.69) is 27.9 Å². The Bertz CT molecular complexity index is 374. The van der Waals surface area contributed by atoms with Gasteiger partial charge in [0.05, 0.1) is 6.10 Å². The highest BCUT2D eigenvalue weighted by molar-refractivity contribution is 14.1. The van der Waals surface area contributed by atoms with Crippen LogP contribution in [0.5, 0.6) is 0 Å². The lowest BCUT2D eigenvalue weighted by Crippen LogP contribution is -2.45. The van der Waals surface area contributed by atoms with Crippen molar-refractivity contribution in [2.45, 2.75) is 31.9 Å². The number of rotatable bonds is 7. The summed E-state index contributed by atoms with van der Waals surface area (Å²) in [6.07, 6.45) is 0.329. The zero-order valence-electron chi connectivity index (χ0n) is 10.7. The van der Waals surface area contributed by atoms with Gasteiger partial charge in [-0.05, 0) is 73.1 Å². The first-order valence-corrected chi connectivity index (χ1v) is 7.95. The molecule has 3 nitrogen and oxygen atoms in total. The van der Waals surface area contributed by atoms with E-state index in [1.807, 2.05) is 38.1 Å². The van der Waals surface area contributed by atoms with Crippen molar-refractivity contribution in [1.82, 2.24) is 5.32 Å². The molecule has 0 aliphatic heterocycles. The van der Waals surface area contributed by atoms with E-state index in [-0.39, 0.29) is 5.54 Å². The molecule has 102 valence electrons. The standard InChI is InChI=1S/C13H20INO2S/c1-13(2,15-8-5-9-18-17)12(16)10-6-3-4-7-11(10)14/h3-4,6-7,12,15-17H,5,8-9H2,1-2H3. The molecule has 0 aromatic heterocycles. The van der Waals surface area contributed by atoms with Crippen LogP contribution in [0.15, 0.2) is 24.3 Å². The van der Waals surface area contributed by atoms with Gasteiger partial charge in [-0.1, -0.05) is 18.2 Å². The largest absolute Gasteiger partial charge is 0.386 e. The van der Waals surface area contributed by atoms with Crippen molar-refractivity contribution in [2.24, 2.45) is 0 Å².